The van der Waals surface area contributed by atoms with Crippen molar-refractivity contribution in [3.63, 3.8) is 0 Å². The number of likely N-dealkylation sites (tertiary alicyclic amines) is 1. The van der Waals surface area contributed by atoms with E-state index in [0.29, 0.717) is 5.92 Å². The normalized spacial score (nSPS) is 20.0. The van der Waals surface area contributed by atoms with Crippen LogP contribution in [0.4, 0.5) is 10.5 Å². The lowest BCUT2D eigenvalue weighted by Crippen LogP contribution is -2.46. The van der Waals surface area contributed by atoms with E-state index in [1.807, 2.05) is 50.9 Å². The summed E-state index contributed by atoms with van der Waals surface area (Å²) >= 11 is 0. The van der Waals surface area contributed by atoms with E-state index < -0.39 is 5.60 Å². The Morgan fingerprint density at radius 3 is 2.78 bits per heavy atom. The first kappa shape index (κ1) is 17.6. The second-order valence-corrected chi connectivity index (χ2v) is 7.45. The topological polar surface area (TPSA) is 54.5 Å². The van der Waals surface area contributed by atoms with E-state index in [1.165, 1.54) is 0 Å². The third-order valence-electron chi connectivity index (χ3n) is 4.12. The van der Waals surface area contributed by atoms with Gasteiger partial charge in [0, 0.05) is 24.8 Å². The smallest absolute Gasteiger partial charge is 0.410 e. The number of nitrogens with zero attached hydrogens (tertiary/aromatic N) is 2. The number of carbonyl (C=O) groups is 1. The number of pyridine rings is 1. The SMILES string of the molecule is Cc1ccc(NC(C)C2CCCN(C(=O)OC(C)(C)C)C2)cn1. The first-order valence-corrected chi connectivity index (χ1v) is 8.42. The summed E-state index contributed by atoms with van der Waals surface area (Å²) in [5, 5.41) is 3.51. The summed E-state index contributed by atoms with van der Waals surface area (Å²) in [4.78, 5) is 18.4. The van der Waals surface area contributed by atoms with Gasteiger partial charge >= 0.3 is 6.09 Å². The summed E-state index contributed by atoms with van der Waals surface area (Å²) in [6.07, 6.45) is 3.79. The largest absolute Gasteiger partial charge is 0.444 e. The third-order valence-corrected chi connectivity index (χ3v) is 4.12. The maximum absolute atomic E-state index is 12.3. The van der Waals surface area contributed by atoms with E-state index in [1.54, 1.807) is 0 Å². The van der Waals surface area contributed by atoms with Crippen molar-refractivity contribution >= 4 is 11.8 Å². The number of carbonyl (C=O) groups excluding carboxylic acids is 1. The molecule has 2 atom stereocenters. The average molecular weight is 319 g/mol. The molecule has 0 radical (unpaired) electrons. The van der Waals surface area contributed by atoms with E-state index in [-0.39, 0.29) is 12.1 Å². The fourth-order valence-corrected chi connectivity index (χ4v) is 2.84. The predicted octanol–water partition coefficient (Wildman–Crippen LogP) is 3.84. The number of nitrogens with one attached hydrogen (secondary N) is 1. The van der Waals surface area contributed by atoms with E-state index in [0.717, 1.165) is 37.3 Å². The molecule has 1 fully saturated rings. The van der Waals surface area contributed by atoms with Crippen LogP contribution in [0.25, 0.3) is 0 Å². The molecular weight excluding hydrogens is 290 g/mol. The molecule has 1 aliphatic rings. The zero-order valence-corrected chi connectivity index (χ0v) is 14.9. The molecule has 5 nitrogen and oxygen atoms in total. The van der Waals surface area contributed by atoms with Crippen molar-refractivity contribution in [2.45, 2.75) is 59.1 Å². The first-order valence-electron chi connectivity index (χ1n) is 8.42. The van der Waals surface area contributed by atoms with E-state index in [9.17, 15) is 4.79 Å². The van der Waals surface area contributed by atoms with Crippen molar-refractivity contribution in [2.24, 2.45) is 5.92 Å². The second kappa shape index (κ2) is 7.20. The van der Waals surface area contributed by atoms with Crippen LogP contribution in [0.3, 0.4) is 0 Å². The minimum atomic E-state index is -0.443. The number of rotatable bonds is 3. The molecule has 0 saturated carbocycles. The van der Waals surface area contributed by atoms with Crippen LogP contribution >= 0.6 is 0 Å². The molecule has 0 spiro atoms. The number of ether oxygens (including phenoxy) is 1. The second-order valence-electron chi connectivity index (χ2n) is 7.45. The van der Waals surface area contributed by atoms with Crippen LogP contribution in [0.5, 0.6) is 0 Å². The summed E-state index contributed by atoms with van der Waals surface area (Å²) in [7, 11) is 0. The van der Waals surface area contributed by atoms with Gasteiger partial charge in [-0.05, 0) is 65.5 Å². The zero-order valence-electron chi connectivity index (χ0n) is 14.9. The van der Waals surface area contributed by atoms with Gasteiger partial charge in [-0.15, -0.1) is 0 Å². The number of anilines is 1. The molecule has 1 saturated heterocycles. The van der Waals surface area contributed by atoms with Crippen LogP contribution in [0.2, 0.25) is 0 Å². The highest BCUT2D eigenvalue weighted by Gasteiger charge is 2.30. The summed E-state index contributed by atoms with van der Waals surface area (Å²) in [6, 6.07) is 4.33. The minimum absolute atomic E-state index is 0.202. The van der Waals surface area contributed by atoms with Crippen LogP contribution < -0.4 is 5.32 Å². The lowest BCUT2D eigenvalue weighted by Gasteiger charge is -2.37. The van der Waals surface area contributed by atoms with Gasteiger partial charge in [0.15, 0.2) is 0 Å². The van der Waals surface area contributed by atoms with E-state index in [2.05, 4.69) is 17.2 Å². The van der Waals surface area contributed by atoms with Crippen LogP contribution in [-0.2, 0) is 4.74 Å². The lowest BCUT2D eigenvalue weighted by molar-refractivity contribution is 0.0159. The van der Waals surface area contributed by atoms with Crippen molar-refractivity contribution in [1.82, 2.24) is 9.88 Å². The maximum atomic E-state index is 12.3. The van der Waals surface area contributed by atoms with Gasteiger partial charge in [0.1, 0.15) is 5.60 Å². The standard InChI is InChI=1S/C18H29N3O2/c1-13-8-9-16(11-19-13)20-14(2)15-7-6-10-21(12-15)17(22)23-18(3,4)5/h8-9,11,14-15,20H,6-7,10,12H2,1-5H3. The Morgan fingerprint density at radius 2 is 2.17 bits per heavy atom. The maximum Gasteiger partial charge on any atom is 0.410 e. The van der Waals surface area contributed by atoms with Crippen molar-refractivity contribution in [2.75, 3.05) is 18.4 Å². The number of aryl methyl sites for hydroxylation is 1. The predicted molar refractivity (Wildman–Crippen MR) is 92.6 cm³/mol. The van der Waals surface area contributed by atoms with Crippen molar-refractivity contribution < 1.29 is 9.53 Å². The average Bonchev–Trinajstić information content (AvgIpc) is 2.48. The summed E-state index contributed by atoms with van der Waals surface area (Å²) < 4.78 is 5.49. The van der Waals surface area contributed by atoms with Gasteiger partial charge in [0.05, 0.1) is 11.9 Å². The Balaban J connectivity index is 1.92. The molecule has 0 bridgehead atoms. The van der Waals surface area contributed by atoms with Crippen LogP contribution in [-0.4, -0.2) is 40.7 Å². The molecule has 2 heterocycles. The highest BCUT2D eigenvalue weighted by molar-refractivity contribution is 5.68. The molecule has 1 aromatic heterocycles. The number of piperidine rings is 1. The minimum Gasteiger partial charge on any atom is -0.444 e. The van der Waals surface area contributed by atoms with E-state index >= 15 is 0 Å². The zero-order chi connectivity index (χ0) is 17.0. The fraction of sp³-hybridized carbons (Fsp3) is 0.667. The van der Waals surface area contributed by atoms with Gasteiger partial charge in [-0.25, -0.2) is 4.79 Å². The van der Waals surface area contributed by atoms with Crippen LogP contribution in [0.15, 0.2) is 18.3 Å². The highest BCUT2D eigenvalue weighted by atomic mass is 16.6. The van der Waals surface area contributed by atoms with Crippen molar-refractivity contribution in [3.8, 4) is 0 Å². The molecule has 23 heavy (non-hydrogen) atoms. The highest BCUT2D eigenvalue weighted by Crippen LogP contribution is 2.23. The summed E-state index contributed by atoms with van der Waals surface area (Å²) in [6.45, 7) is 11.4. The Hall–Kier alpha value is -1.78. The van der Waals surface area contributed by atoms with Gasteiger partial charge in [-0.1, -0.05) is 0 Å². The number of amides is 1. The summed E-state index contributed by atoms with van der Waals surface area (Å²) in [5.41, 5.74) is 1.59. The lowest BCUT2D eigenvalue weighted by atomic mass is 9.91. The van der Waals surface area contributed by atoms with Gasteiger partial charge in [-0.3, -0.25) is 4.98 Å². The molecule has 1 amide bonds. The Morgan fingerprint density at radius 1 is 1.43 bits per heavy atom. The van der Waals surface area contributed by atoms with Crippen molar-refractivity contribution in [1.29, 1.82) is 0 Å². The third kappa shape index (κ3) is 5.41. The van der Waals surface area contributed by atoms with E-state index in [4.69, 9.17) is 4.74 Å². The molecule has 2 rings (SSSR count). The van der Waals surface area contributed by atoms with Crippen LogP contribution in [0, 0.1) is 12.8 Å². The molecule has 0 aromatic carbocycles. The van der Waals surface area contributed by atoms with Crippen molar-refractivity contribution in [3.05, 3.63) is 24.0 Å². The van der Waals surface area contributed by atoms with Gasteiger partial charge in [0.2, 0.25) is 0 Å². The van der Waals surface area contributed by atoms with Gasteiger partial charge < -0.3 is 15.0 Å². The molecular formula is C18H29N3O2. The molecule has 0 aliphatic carbocycles. The fourth-order valence-electron chi connectivity index (χ4n) is 2.84. The Bertz CT molecular complexity index is 522. The Labute approximate surface area is 139 Å². The molecule has 2 unspecified atom stereocenters. The first-order chi connectivity index (χ1) is 10.7. The number of aromatic nitrogens is 1. The molecule has 1 N–H and O–H groups in total. The monoisotopic (exact) mass is 319 g/mol. The quantitative estimate of drug-likeness (QED) is 0.920. The molecule has 1 aliphatic heterocycles. The molecule has 5 heteroatoms. The Kier molecular flexibility index (Phi) is 5.50. The summed E-state index contributed by atoms with van der Waals surface area (Å²) in [5.74, 6) is 0.414. The van der Waals surface area contributed by atoms with Gasteiger partial charge in [0.25, 0.3) is 0 Å². The number of hydrogen-bond acceptors (Lipinski definition) is 4. The molecule has 128 valence electrons. The molecule has 1 aromatic rings. The number of hydrogen-bond donors (Lipinski definition) is 1. The van der Waals surface area contributed by atoms with Crippen LogP contribution in [0.1, 0.15) is 46.2 Å². The van der Waals surface area contributed by atoms with Gasteiger partial charge in [-0.2, -0.15) is 0 Å².